The first kappa shape index (κ1) is 24.7. The Labute approximate surface area is 198 Å². The van der Waals surface area contributed by atoms with Crippen molar-refractivity contribution in [3.8, 4) is 6.07 Å². The maximum atomic E-state index is 12.6. The molecule has 9 heteroatoms. The molecule has 0 aliphatic heterocycles. The first-order chi connectivity index (χ1) is 15.8. The van der Waals surface area contributed by atoms with Gasteiger partial charge >= 0.3 is 6.03 Å². The van der Waals surface area contributed by atoms with Gasteiger partial charge in [-0.2, -0.15) is 5.26 Å². The van der Waals surface area contributed by atoms with Crippen LogP contribution in [0.4, 0.5) is 22.1 Å². The number of hydrogen-bond acceptors (Lipinski definition) is 5. The smallest absolute Gasteiger partial charge is 0.326 e. The monoisotopic (exact) mass is 462 g/mol. The number of nitriles is 1. The van der Waals surface area contributed by atoms with Crippen LogP contribution in [0.5, 0.6) is 0 Å². The van der Waals surface area contributed by atoms with Crippen LogP contribution in [0, 0.1) is 16.7 Å². The summed E-state index contributed by atoms with van der Waals surface area (Å²) >= 11 is 0. The standard InChI is InChI=1S/C25H30N6O3/c1-24(2,3)13-21(32)27-18-10-11-20-19(12-18)29-22(31(20)15-25(4,5)34)30-23(33)28-17-8-6-16(14-26)7-9-17/h6-12,34H,13,15H2,1-5H3,(H,27,32)(H2,28,29,30,33). The second-order valence-corrected chi connectivity index (χ2v) is 10.1. The van der Waals surface area contributed by atoms with E-state index in [-0.39, 0.29) is 23.8 Å². The minimum atomic E-state index is -1.06. The Morgan fingerprint density at radius 3 is 2.24 bits per heavy atom. The lowest BCUT2D eigenvalue weighted by Gasteiger charge is -2.20. The Morgan fingerprint density at radius 1 is 1.00 bits per heavy atom. The number of anilines is 3. The van der Waals surface area contributed by atoms with E-state index in [1.807, 2.05) is 26.8 Å². The molecule has 0 radical (unpaired) electrons. The molecule has 3 rings (SSSR count). The highest BCUT2D eigenvalue weighted by atomic mass is 16.3. The summed E-state index contributed by atoms with van der Waals surface area (Å²) in [4.78, 5) is 29.5. The van der Waals surface area contributed by atoms with E-state index < -0.39 is 11.6 Å². The van der Waals surface area contributed by atoms with Crippen LogP contribution in [0.1, 0.15) is 46.6 Å². The van der Waals surface area contributed by atoms with Gasteiger partial charge in [-0.15, -0.1) is 0 Å². The highest BCUT2D eigenvalue weighted by molar-refractivity contribution is 6.00. The number of amides is 3. The number of aliphatic hydroxyl groups is 1. The molecule has 178 valence electrons. The average Bonchev–Trinajstić information content (AvgIpc) is 3.01. The second kappa shape index (κ2) is 9.53. The van der Waals surface area contributed by atoms with Gasteiger partial charge in [0, 0.05) is 17.8 Å². The van der Waals surface area contributed by atoms with Gasteiger partial charge in [0.15, 0.2) is 0 Å². The number of carbonyl (C=O) groups excluding carboxylic acids is 2. The van der Waals surface area contributed by atoms with Crippen molar-refractivity contribution in [1.29, 1.82) is 5.26 Å². The molecule has 34 heavy (non-hydrogen) atoms. The number of rotatable bonds is 6. The number of benzene rings is 2. The SMILES string of the molecule is CC(C)(C)CC(=O)Nc1ccc2c(c1)nc(NC(=O)Nc1ccc(C#N)cc1)n2CC(C)(C)O. The Morgan fingerprint density at radius 2 is 1.65 bits per heavy atom. The number of aromatic nitrogens is 2. The van der Waals surface area contributed by atoms with Gasteiger partial charge in [0.25, 0.3) is 0 Å². The summed E-state index contributed by atoms with van der Waals surface area (Å²) in [6.45, 7) is 9.51. The molecule has 0 atom stereocenters. The zero-order chi connectivity index (χ0) is 25.1. The molecule has 3 amide bonds. The van der Waals surface area contributed by atoms with Gasteiger partial charge in [0.2, 0.25) is 11.9 Å². The molecule has 9 nitrogen and oxygen atoms in total. The predicted octanol–water partition coefficient (Wildman–Crippen LogP) is 4.70. The van der Waals surface area contributed by atoms with Crippen LogP contribution < -0.4 is 16.0 Å². The number of nitrogens with one attached hydrogen (secondary N) is 3. The molecule has 0 saturated heterocycles. The van der Waals surface area contributed by atoms with Gasteiger partial charge in [-0.05, 0) is 61.7 Å². The molecular weight excluding hydrogens is 432 g/mol. The molecular formula is C25H30N6O3. The summed E-state index contributed by atoms with van der Waals surface area (Å²) in [5, 5.41) is 27.6. The highest BCUT2D eigenvalue weighted by Crippen LogP contribution is 2.26. The third-order valence-corrected chi connectivity index (χ3v) is 4.77. The number of carbonyl (C=O) groups is 2. The van der Waals surface area contributed by atoms with Crippen molar-refractivity contribution in [2.24, 2.45) is 5.41 Å². The van der Waals surface area contributed by atoms with Crippen LogP contribution >= 0.6 is 0 Å². The van der Waals surface area contributed by atoms with Gasteiger partial charge < -0.3 is 20.3 Å². The van der Waals surface area contributed by atoms with E-state index in [1.165, 1.54) is 0 Å². The quantitative estimate of drug-likeness (QED) is 0.422. The summed E-state index contributed by atoms with van der Waals surface area (Å²) in [6, 6.07) is 13.3. The van der Waals surface area contributed by atoms with Crippen LogP contribution in [0.25, 0.3) is 11.0 Å². The average molecular weight is 463 g/mol. The Bertz CT molecular complexity index is 1240. The van der Waals surface area contributed by atoms with Crippen molar-refractivity contribution < 1.29 is 14.7 Å². The fourth-order valence-corrected chi connectivity index (χ4v) is 3.43. The van der Waals surface area contributed by atoms with E-state index in [2.05, 4.69) is 20.9 Å². The van der Waals surface area contributed by atoms with E-state index in [1.54, 1.807) is 60.9 Å². The van der Waals surface area contributed by atoms with Gasteiger partial charge in [-0.1, -0.05) is 20.8 Å². The zero-order valence-corrected chi connectivity index (χ0v) is 20.1. The molecule has 0 aliphatic rings. The third kappa shape index (κ3) is 6.80. The lowest BCUT2D eigenvalue weighted by atomic mass is 9.92. The van der Waals surface area contributed by atoms with E-state index in [4.69, 9.17) is 5.26 Å². The summed E-state index contributed by atoms with van der Waals surface area (Å²) < 4.78 is 1.72. The summed E-state index contributed by atoms with van der Waals surface area (Å²) in [7, 11) is 0. The molecule has 1 aromatic heterocycles. The van der Waals surface area contributed by atoms with Crippen molar-refractivity contribution in [3.63, 3.8) is 0 Å². The van der Waals surface area contributed by atoms with Crippen molar-refractivity contribution in [2.75, 3.05) is 16.0 Å². The van der Waals surface area contributed by atoms with E-state index in [9.17, 15) is 14.7 Å². The molecule has 0 aliphatic carbocycles. The fourth-order valence-electron chi connectivity index (χ4n) is 3.43. The predicted molar refractivity (Wildman–Crippen MR) is 133 cm³/mol. The minimum absolute atomic E-state index is 0.0945. The Hall–Kier alpha value is -3.90. The van der Waals surface area contributed by atoms with Gasteiger partial charge in [0.05, 0.1) is 34.8 Å². The van der Waals surface area contributed by atoms with E-state index in [0.717, 1.165) is 0 Å². The molecule has 1 heterocycles. The second-order valence-electron chi connectivity index (χ2n) is 10.1. The molecule has 0 bridgehead atoms. The van der Waals surface area contributed by atoms with Gasteiger partial charge in [-0.3, -0.25) is 10.1 Å². The van der Waals surface area contributed by atoms with Crippen LogP contribution in [0.2, 0.25) is 0 Å². The van der Waals surface area contributed by atoms with Crippen molar-refractivity contribution in [3.05, 3.63) is 48.0 Å². The van der Waals surface area contributed by atoms with Crippen molar-refractivity contribution in [1.82, 2.24) is 9.55 Å². The van der Waals surface area contributed by atoms with E-state index >= 15 is 0 Å². The molecule has 0 saturated carbocycles. The maximum Gasteiger partial charge on any atom is 0.326 e. The van der Waals surface area contributed by atoms with Crippen molar-refractivity contribution in [2.45, 2.75) is 53.2 Å². The summed E-state index contributed by atoms with van der Waals surface area (Å²) in [5.74, 6) is 0.157. The Kier molecular flexibility index (Phi) is 6.93. The van der Waals surface area contributed by atoms with Crippen molar-refractivity contribution >= 4 is 40.3 Å². The molecule has 0 unspecified atom stereocenters. The Balaban J connectivity index is 1.86. The largest absolute Gasteiger partial charge is 0.389 e. The molecule has 3 aromatic rings. The fraction of sp³-hybridized carbons (Fsp3) is 0.360. The van der Waals surface area contributed by atoms with E-state index in [0.29, 0.717) is 34.4 Å². The van der Waals surface area contributed by atoms with Crippen LogP contribution in [0.15, 0.2) is 42.5 Å². The summed E-state index contributed by atoms with van der Waals surface area (Å²) in [6.07, 6.45) is 0.375. The number of fused-ring (bicyclic) bond motifs is 1. The lowest BCUT2D eigenvalue weighted by Crippen LogP contribution is -2.28. The molecule has 0 fully saturated rings. The minimum Gasteiger partial charge on any atom is -0.389 e. The first-order valence-electron chi connectivity index (χ1n) is 10.9. The number of urea groups is 1. The number of nitrogens with zero attached hydrogens (tertiary/aromatic N) is 3. The molecule has 0 spiro atoms. The first-order valence-corrected chi connectivity index (χ1v) is 10.9. The third-order valence-electron chi connectivity index (χ3n) is 4.77. The lowest BCUT2D eigenvalue weighted by molar-refractivity contribution is -0.117. The highest BCUT2D eigenvalue weighted by Gasteiger charge is 2.21. The van der Waals surface area contributed by atoms with Gasteiger partial charge in [-0.25, -0.2) is 9.78 Å². The van der Waals surface area contributed by atoms with Crippen LogP contribution in [0.3, 0.4) is 0 Å². The topological polar surface area (TPSA) is 132 Å². The summed E-state index contributed by atoms with van der Waals surface area (Å²) in [5.41, 5.74) is 1.67. The van der Waals surface area contributed by atoms with Crippen LogP contribution in [-0.2, 0) is 11.3 Å². The molecule has 2 aromatic carbocycles. The van der Waals surface area contributed by atoms with Crippen LogP contribution in [-0.4, -0.2) is 32.2 Å². The zero-order valence-electron chi connectivity index (χ0n) is 20.1. The molecule has 4 N–H and O–H groups in total. The normalized spacial score (nSPS) is 11.7. The number of imidazole rings is 1. The van der Waals surface area contributed by atoms with Gasteiger partial charge in [0.1, 0.15) is 0 Å². The maximum absolute atomic E-state index is 12.6. The number of hydrogen-bond donors (Lipinski definition) is 4.